The molecule has 3 rings (SSSR count). The SMILES string of the molecule is O=C(/C=C/c1c(F)cccc1F)NC(CO)c1cccc(CN2CCOCC2)c1. The number of nitrogens with zero attached hydrogens (tertiary/aromatic N) is 1. The van der Waals surface area contributed by atoms with Gasteiger partial charge in [0.15, 0.2) is 0 Å². The lowest BCUT2D eigenvalue weighted by Crippen LogP contribution is -2.35. The summed E-state index contributed by atoms with van der Waals surface area (Å²) in [7, 11) is 0. The van der Waals surface area contributed by atoms with E-state index >= 15 is 0 Å². The van der Waals surface area contributed by atoms with Gasteiger partial charge in [-0.3, -0.25) is 9.69 Å². The second-order valence-corrected chi connectivity index (χ2v) is 6.85. The van der Waals surface area contributed by atoms with Crippen LogP contribution in [0.2, 0.25) is 0 Å². The van der Waals surface area contributed by atoms with Crippen LogP contribution in [0.5, 0.6) is 0 Å². The van der Waals surface area contributed by atoms with Gasteiger partial charge in [-0.15, -0.1) is 0 Å². The Hall–Kier alpha value is -2.61. The van der Waals surface area contributed by atoms with Crippen LogP contribution in [0.3, 0.4) is 0 Å². The van der Waals surface area contributed by atoms with E-state index in [1.807, 2.05) is 24.3 Å². The van der Waals surface area contributed by atoms with Crippen LogP contribution in [0, 0.1) is 11.6 Å². The molecule has 0 aliphatic carbocycles. The summed E-state index contributed by atoms with van der Waals surface area (Å²) in [5.74, 6) is -2.04. The summed E-state index contributed by atoms with van der Waals surface area (Å²) in [4.78, 5) is 14.5. The zero-order valence-electron chi connectivity index (χ0n) is 16.0. The Morgan fingerprint density at radius 1 is 1.17 bits per heavy atom. The lowest BCUT2D eigenvalue weighted by atomic mass is 10.0. The first-order valence-electron chi connectivity index (χ1n) is 9.49. The molecule has 29 heavy (non-hydrogen) atoms. The molecule has 1 amide bonds. The van der Waals surface area contributed by atoms with Crippen LogP contribution in [-0.2, 0) is 16.1 Å². The van der Waals surface area contributed by atoms with Gasteiger partial charge in [-0.25, -0.2) is 8.78 Å². The third kappa shape index (κ3) is 5.93. The van der Waals surface area contributed by atoms with Gasteiger partial charge in [-0.2, -0.15) is 0 Å². The topological polar surface area (TPSA) is 61.8 Å². The maximum atomic E-state index is 13.7. The molecule has 1 unspecified atom stereocenters. The number of morpholine rings is 1. The Balaban J connectivity index is 1.65. The summed E-state index contributed by atoms with van der Waals surface area (Å²) in [6, 6.07) is 10.5. The van der Waals surface area contributed by atoms with Crippen molar-refractivity contribution in [2.75, 3.05) is 32.9 Å². The molecule has 2 aromatic rings. The van der Waals surface area contributed by atoms with E-state index in [1.54, 1.807) is 0 Å². The molecule has 154 valence electrons. The van der Waals surface area contributed by atoms with Crippen LogP contribution in [0.1, 0.15) is 22.7 Å². The summed E-state index contributed by atoms with van der Waals surface area (Å²) in [6.45, 7) is 3.61. The molecular formula is C22H24F2N2O3. The zero-order valence-corrected chi connectivity index (χ0v) is 16.0. The van der Waals surface area contributed by atoms with Gasteiger partial charge < -0.3 is 15.2 Å². The number of carbonyl (C=O) groups excluding carboxylic acids is 1. The first-order valence-corrected chi connectivity index (χ1v) is 9.49. The van der Waals surface area contributed by atoms with Crippen LogP contribution in [-0.4, -0.2) is 48.8 Å². The normalized spacial score (nSPS) is 16.1. The minimum Gasteiger partial charge on any atom is -0.394 e. The van der Waals surface area contributed by atoms with Gasteiger partial charge in [0.2, 0.25) is 5.91 Å². The Labute approximate surface area is 168 Å². The van der Waals surface area contributed by atoms with Crippen LogP contribution in [0.25, 0.3) is 6.08 Å². The number of ether oxygens (including phenoxy) is 1. The van der Waals surface area contributed by atoms with Gasteiger partial charge in [0.25, 0.3) is 0 Å². The van der Waals surface area contributed by atoms with E-state index in [0.717, 1.165) is 55.0 Å². The van der Waals surface area contributed by atoms with Gasteiger partial charge >= 0.3 is 0 Å². The molecule has 0 saturated carbocycles. The predicted molar refractivity (Wildman–Crippen MR) is 106 cm³/mol. The van der Waals surface area contributed by atoms with Gasteiger partial charge in [-0.05, 0) is 29.3 Å². The molecule has 1 heterocycles. The minimum atomic E-state index is -0.747. The van der Waals surface area contributed by atoms with Crippen molar-refractivity contribution in [2.45, 2.75) is 12.6 Å². The van der Waals surface area contributed by atoms with Crippen LogP contribution in [0.15, 0.2) is 48.5 Å². The third-order valence-electron chi connectivity index (χ3n) is 4.76. The van der Waals surface area contributed by atoms with E-state index in [-0.39, 0.29) is 12.2 Å². The third-order valence-corrected chi connectivity index (χ3v) is 4.76. The fraction of sp³-hybridized carbons (Fsp3) is 0.318. The summed E-state index contributed by atoms with van der Waals surface area (Å²) in [6.07, 6.45) is 2.14. The molecule has 1 aliphatic rings. The molecule has 0 aromatic heterocycles. The minimum absolute atomic E-state index is 0.282. The van der Waals surface area contributed by atoms with E-state index in [0.29, 0.717) is 13.2 Å². The molecule has 2 aromatic carbocycles. The lowest BCUT2D eigenvalue weighted by molar-refractivity contribution is -0.117. The fourth-order valence-corrected chi connectivity index (χ4v) is 3.21. The van der Waals surface area contributed by atoms with Crippen LogP contribution >= 0.6 is 0 Å². The Kier molecular flexibility index (Phi) is 7.46. The van der Waals surface area contributed by atoms with Crippen molar-refractivity contribution in [3.05, 3.63) is 76.9 Å². The van der Waals surface area contributed by atoms with Crippen molar-refractivity contribution in [1.29, 1.82) is 0 Å². The van der Waals surface area contributed by atoms with Gasteiger partial charge in [0, 0.05) is 31.3 Å². The van der Waals surface area contributed by atoms with Crippen molar-refractivity contribution in [3.63, 3.8) is 0 Å². The molecule has 1 saturated heterocycles. The van der Waals surface area contributed by atoms with Crippen LogP contribution < -0.4 is 5.32 Å². The second-order valence-electron chi connectivity index (χ2n) is 6.85. The number of amides is 1. The number of rotatable bonds is 7. The molecule has 2 N–H and O–H groups in total. The average Bonchev–Trinajstić information content (AvgIpc) is 2.72. The van der Waals surface area contributed by atoms with Crippen molar-refractivity contribution in [1.82, 2.24) is 10.2 Å². The molecule has 7 heteroatoms. The Bertz CT molecular complexity index is 847. The number of hydrogen-bond acceptors (Lipinski definition) is 4. The quantitative estimate of drug-likeness (QED) is 0.699. The maximum absolute atomic E-state index is 13.7. The van der Waals surface area contributed by atoms with E-state index < -0.39 is 23.6 Å². The van der Waals surface area contributed by atoms with Crippen molar-refractivity contribution < 1.29 is 23.4 Å². The summed E-state index contributed by atoms with van der Waals surface area (Å²) in [5, 5.41) is 12.4. The molecule has 1 fully saturated rings. The zero-order chi connectivity index (χ0) is 20.6. The molecule has 0 radical (unpaired) electrons. The number of halogens is 2. The highest BCUT2D eigenvalue weighted by Gasteiger charge is 2.15. The predicted octanol–water partition coefficient (Wildman–Crippen LogP) is 2.66. The number of aliphatic hydroxyl groups is 1. The largest absolute Gasteiger partial charge is 0.394 e. The second kappa shape index (κ2) is 10.2. The van der Waals surface area contributed by atoms with E-state index in [9.17, 15) is 18.7 Å². The van der Waals surface area contributed by atoms with Crippen molar-refractivity contribution in [3.8, 4) is 0 Å². The van der Waals surface area contributed by atoms with E-state index in [4.69, 9.17) is 4.74 Å². The molecule has 0 bridgehead atoms. The fourth-order valence-electron chi connectivity index (χ4n) is 3.21. The molecule has 0 spiro atoms. The highest BCUT2D eigenvalue weighted by Crippen LogP contribution is 2.17. The van der Waals surface area contributed by atoms with Crippen LogP contribution in [0.4, 0.5) is 8.78 Å². The molecule has 1 atom stereocenters. The summed E-state index contributed by atoms with van der Waals surface area (Å²) < 4.78 is 32.7. The first-order chi connectivity index (χ1) is 14.1. The first kappa shape index (κ1) is 21.1. The van der Waals surface area contributed by atoms with E-state index in [1.165, 1.54) is 6.07 Å². The molecule has 1 aliphatic heterocycles. The standard InChI is InChI=1S/C22H24F2N2O3/c23-19-5-2-6-20(24)18(19)7-8-22(28)25-21(15-27)17-4-1-3-16(13-17)14-26-9-11-29-12-10-26/h1-8,13,21,27H,9-12,14-15H2,(H,25,28)/b8-7+. The maximum Gasteiger partial charge on any atom is 0.244 e. The monoisotopic (exact) mass is 402 g/mol. The highest BCUT2D eigenvalue weighted by atomic mass is 19.1. The number of nitrogens with one attached hydrogen (secondary N) is 1. The molecular weight excluding hydrogens is 378 g/mol. The number of hydrogen-bond donors (Lipinski definition) is 2. The van der Waals surface area contributed by atoms with Crippen molar-refractivity contribution in [2.24, 2.45) is 0 Å². The Morgan fingerprint density at radius 2 is 1.86 bits per heavy atom. The number of benzene rings is 2. The van der Waals surface area contributed by atoms with Gasteiger partial charge in [-0.1, -0.05) is 30.3 Å². The smallest absolute Gasteiger partial charge is 0.244 e. The number of carbonyl (C=O) groups is 1. The molecule has 5 nitrogen and oxygen atoms in total. The van der Waals surface area contributed by atoms with Gasteiger partial charge in [0.1, 0.15) is 11.6 Å². The van der Waals surface area contributed by atoms with E-state index in [2.05, 4.69) is 10.2 Å². The highest BCUT2D eigenvalue weighted by molar-refractivity contribution is 5.92. The summed E-state index contributed by atoms with van der Waals surface area (Å²) in [5.41, 5.74) is 1.55. The van der Waals surface area contributed by atoms with Crippen molar-refractivity contribution >= 4 is 12.0 Å². The Morgan fingerprint density at radius 3 is 2.55 bits per heavy atom. The number of aliphatic hydroxyl groups excluding tert-OH is 1. The average molecular weight is 402 g/mol. The lowest BCUT2D eigenvalue weighted by Gasteiger charge is -2.27. The van der Waals surface area contributed by atoms with Gasteiger partial charge in [0.05, 0.1) is 25.9 Å². The summed E-state index contributed by atoms with van der Waals surface area (Å²) >= 11 is 0.